The van der Waals surface area contributed by atoms with E-state index in [9.17, 15) is 10.2 Å². The fourth-order valence-corrected chi connectivity index (χ4v) is 11.4. The van der Waals surface area contributed by atoms with Gasteiger partial charge in [-0.25, -0.2) is 0 Å². The van der Waals surface area contributed by atoms with Crippen LogP contribution in [0, 0.1) is 56.2 Å². The van der Waals surface area contributed by atoms with Crippen molar-refractivity contribution in [1.29, 1.82) is 0 Å². The first-order valence-corrected chi connectivity index (χ1v) is 14.1. The molecule has 0 radical (unpaired) electrons. The van der Waals surface area contributed by atoms with Crippen molar-refractivity contribution in [2.75, 3.05) is 6.61 Å². The van der Waals surface area contributed by atoms with Crippen LogP contribution in [0.15, 0.2) is 0 Å². The first-order chi connectivity index (χ1) is 14.8. The number of fused-ring (bicyclic) bond motifs is 7. The second-order valence-corrected chi connectivity index (χ2v) is 15.3. The maximum atomic E-state index is 10.8. The van der Waals surface area contributed by atoms with Crippen LogP contribution >= 0.6 is 0 Å². The van der Waals surface area contributed by atoms with Crippen molar-refractivity contribution in [2.24, 2.45) is 56.2 Å². The summed E-state index contributed by atoms with van der Waals surface area (Å²) in [5, 5.41) is 21.0. The highest BCUT2D eigenvalue weighted by atomic mass is 16.3. The standard InChI is InChI=1S/C30H52O2/c1-20-21(32)8-9-22-27(20,4)11-10-23-28(22,5)15-17-30(7)24-18-25(2,19-31)12-13-26(24,3)14-16-29(23,30)6/h20-24,31-32H,8-19H2,1-7H3/t20-,21+,22+,23-,24+,25+,26+,27+,28-,29+,30-/m0/s1. The van der Waals surface area contributed by atoms with E-state index in [1.165, 1.54) is 64.2 Å². The summed E-state index contributed by atoms with van der Waals surface area (Å²) in [4.78, 5) is 0. The van der Waals surface area contributed by atoms with E-state index >= 15 is 0 Å². The Morgan fingerprint density at radius 3 is 1.97 bits per heavy atom. The van der Waals surface area contributed by atoms with Crippen LogP contribution in [0.4, 0.5) is 0 Å². The molecule has 5 saturated carbocycles. The number of rotatable bonds is 1. The molecule has 5 rings (SSSR count). The van der Waals surface area contributed by atoms with Crippen molar-refractivity contribution >= 4 is 0 Å². The molecular weight excluding hydrogens is 392 g/mol. The lowest BCUT2D eigenvalue weighted by Gasteiger charge is -2.75. The minimum atomic E-state index is -0.102. The van der Waals surface area contributed by atoms with Crippen LogP contribution in [-0.2, 0) is 0 Å². The first-order valence-electron chi connectivity index (χ1n) is 14.1. The Kier molecular flexibility index (Phi) is 5.17. The molecule has 0 aromatic carbocycles. The summed E-state index contributed by atoms with van der Waals surface area (Å²) in [7, 11) is 0. The normalized spacial score (nSPS) is 62.3. The Bertz CT molecular complexity index is 764. The fraction of sp³-hybridized carbons (Fsp3) is 1.00. The molecule has 11 atom stereocenters. The van der Waals surface area contributed by atoms with Crippen molar-refractivity contribution in [3.05, 3.63) is 0 Å². The summed E-state index contributed by atoms with van der Waals surface area (Å²) in [6, 6.07) is 0. The molecule has 0 spiro atoms. The zero-order valence-corrected chi connectivity index (χ0v) is 22.3. The van der Waals surface area contributed by atoms with Crippen LogP contribution in [0.1, 0.15) is 119 Å². The third-order valence-corrected chi connectivity index (χ3v) is 14.2. The van der Waals surface area contributed by atoms with E-state index in [-0.39, 0.29) is 11.5 Å². The summed E-state index contributed by atoms with van der Waals surface area (Å²) in [5.41, 5.74) is 2.08. The largest absolute Gasteiger partial charge is 0.396 e. The Morgan fingerprint density at radius 2 is 1.28 bits per heavy atom. The minimum Gasteiger partial charge on any atom is -0.396 e. The maximum absolute atomic E-state index is 10.8. The number of aliphatic hydroxyl groups is 2. The van der Waals surface area contributed by atoms with Crippen molar-refractivity contribution in [2.45, 2.75) is 125 Å². The molecule has 184 valence electrons. The molecule has 0 aliphatic heterocycles. The van der Waals surface area contributed by atoms with E-state index in [4.69, 9.17) is 0 Å². The lowest BCUT2D eigenvalue weighted by Crippen LogP contribution is -2.68. The van der Waals surface area contributed by atoms with Gasteiger partial charge in [0.2, 0.25) is 0 Å². The van der Waals surface area contributed by atoms with Crippen molar-refractivity contribution in [1.82, 2.24) is 0 Å². The van der Waals surface area contributed by atoms with E-state index < -0.39 is 0 Å². The summed E-state index contributed by atoms with van der Waals surface area (Å²) in [5.74, 6) is 2.74. The van der Waals surface area contributed by atoms with Crippen molar-refractivity contribution in [3.8, 4) is 0 Å². The van der Waals surface area contributed by atoms with E-state index in [0.717, 1.165) is 24.2 Å². The summed E-state index contributed by atoms with van der Waals surface area (Å²) < 4.78 is 0. The predicted octanol–water partition coefficient (Wildman–Crippen LogP) is 7.22. The van der Waals surface area contributed by atoms with Gasteiger partial charge in [0.25, 0.3) is 0 Å². The van der Waals surface area contributed by atoms with Crippen LogP contribution in [0.2, 0.25) is 0 Å². The molecule has 0 amide bonds. The molecule has 2 heteroatoms. The molecule has 0 saturated heterocycles. The first kappa shape index (κ1) is 23.7. The predicted molar refractivity (Wildman–Crippen MR) is 132 cm³/mol. The Balaban J connectivity index is 1.53. The Hall–Kier alpha value is -0.0800. The summed E-state index contributed by atoms with van der Waals surface area (Å²) in [6.07, 6.45) is 14.0. The lowest BCUT2D eigenvalue weighted by atomic mass is 9.30. The third kappa shape index (κ3) is 2.78. The quantitative estimate of drug-likeness (QED) is 0.448. The average molecular weight is 445 g/mol. The van der Waals surface area contributed by atoms with Crippen LogP contribution in [0.25, 0.3) is 0 Å². The second-order valence-electron chi connectivity index (χ2n) is 15.3. The van der Waals surface area contributed by atoms with Gasteiger partial charge in [0.15, 0.2) is 0 Å². The van der Waals surface area contributed by atoms with Gasteiger partial charge in [-0.3, -0.25) is 0 Å². The summed E-state index contributed by atoms with van der Waals surface area (Å²) in [6.45, 7) is 18.3. The van der Waals surface area contributed by atoms with Gasteiger partial charge in [-0.05, 0) is 127 Å². The second kappa shape index (κ2) is 6.99. The van der Waals surface area contributed by atoms with Crippen LogP contribution < -0.4 is 0 Å². The number of hydrogen-bond donors (Lipinski definition) is 2. The van der Waals surface area contributed by atoms with Gasteiger partial charge in [-0.1, -0.05) is 48.5 Å². The van der Waals surface area contributed by atoms with E-state index in [0.29, 0.717) is 39.6 Å². The molecule has 2 nitrogen and oxygen atoms in total. The van der Waals surface area contributed by atoms with Gasteiger partial charge in [0, 0.05) is 6.61 Å². The molecule has 5 fully saturated rings. The molecule has 5 aliphatic carbocycles. The highest BCUT2D eigenvalue weighted by Gasteiger charge is 2.70. The zero-order valence-electron chi connectivity index (χ0n) is 22.3. The van der Waals surface area contributed by atoms with Crippen LogP contribution in [-0.4, -0.2) is 22.9 Å². The van der Waals surface area contributed by atoms with Gasteiger partial charge in [0.05, 0.1) is 6.10 Å². The maximum Gasteiger partial charge on any atom is 0.0571 e. The van der Waals surface area contributed by atoms with Crippen molar-refractivity contribution < 1.29 is 10.2 Å². The van der Waals surface area contributed by atoms with Gasteiger partial charge >= 0.3 is 0 Å². The molecule has 0 aromatic heterocycles. The van der Waals surface area contributed by atoms with Gasteiger partial charge < -0.3 is 10.2 Å². The summed E-state index contributed by atoms with van der Waals surface area (Å²) >= 11 is 0. The average Bonchev–Trinajstić information content (AvgIpc) is 2.75. The highest BCUT2D eigenvalue weighted by molar-refractivity contribution is 5.19. The zero-order chi connectivity index (χ0) is 23.4. The van der Waals surface area contributed by atoms with Gasteiger partial charge in [-0.15, -0.1) is 0 Å². The lowest BCUT2D eigenvalue weighted by molar-refractivity contribution is -0.264. The molecule has 5 aliphatic rings. The van der Waals surface area contributed by atoms with Gasteiger partial charge in [-0.2, -0.15) is 0 Å². The molecular formula is C30H52O2. The van der Waals surface area contributed by atoms with Crippen molar-refractivity contribution in [3.63, 3.8) is 0 Å². The monoisotopic (exact) mass is 444 g/mol. The van der Waals surface area contributed by atoms with Gasteiger partial charge in [0.1, 0.15) is 0 Å². The molecule has 0 aromatic rings. The Labute approximate surface area is 198 Å². The SMILES string of the molecule is C[C@H]1[C@H](O)CC[C@@H]2[C@]1(C)CC[C@H]1[C@@]2(C)CC[C@@]2(C)[C@@H]3C[C@](C)(CO)CC[C@]3(C)CC[C@]12C. The Morgan fingerprint density at radius 1 is 0.656 bits per heavy atom. The third-order valence-electron chi connectivity index (χ3n) is 14.2. The highest BCUT2D eigenvalue weighted by Crippen LogP contribution is 2.78. The molecule has 0 unspecified atom stereocenters. The number of hydrogen-bond acceptors (Lipinski definition) is 2. The fourth-order valence-electron chi connectivity index (χ4n) is 11.4. The van der Waals surface area contributed by atoms with E-state index in [2.05, 4.69) is 48.5 Å². The topological polar surface area (TPSA) is 40.5 Å². The minimum absolute atomic E-state index is 0.102. The van der Waals surface area contributed by atoms with E-state index in [1.54, 1.807) is 0 Å². The van der Waals surface area contributed by atoms with Crippen LogP contribution in [0.5, 0.6) is 0 Å². The molecule has 0 heterocycles. The smallest absolute Gasteiger partial charge is 0.0571 e. The molecule has 2 N–H and O–H groups in total. The molecule has 32 heavy (non-hydrogen) atoms. The van der Waals surface area contributed by atoms with E-state index in [1.807, 2.05) is 0 Å². The number of aliphatic hydroxyl groups excluding tert-OH is 2. The molecule has 0 bridgehead atoms. The van der Waals surface area contributed by atoms with Crippen LogP contribution in [0.3, 0.4) is 0 Å².